The Labute approximate surface area is 127 Å². The van der Waals surface area contributed by atoms with Gasteiger partial charge in [-0.15, -0.1) is 11.6 Å². The Balaban J connectivity index is 2.24. The summed E-state index contributed by atoms with van der Waals surface area (Å²) in [6.07, 6.45) is 2.67. The molecule has 0 saturated heterocycles. The first-order chi connectivity index (χ1) is 10.2. The summed E-state index contributed by atoms with van der Waals surface area (Å²) in [5, 5.41) is 2.84. The summed E-state index contributed by atoms with van der Waals surface area (Å²) >= 11 is 5.93. The highest BCUT2D eigenvalue weighted by molar-refractivity contribution is 6.16. The van der Waals surface area contributed by atoms with Gasteiger partial charge in [0.05, 0.1) is 13.0 Å². The number of aryl methyl sites for hydroxylation is 1. The standard InChI is InChI=1S/C13H18ClN5O2/c1-3-5-15-10(20)4-6-19-9(7-14)18-11-12(19)16-8-17-13(11)21-2/h8H,3-7H2,1-2H3,(H,15,20). The zero-order chi connectivity index (χ0) is 15.2. The van der Waals surface area contributed by atoms with Crippen LogP contribution >= 0.6 is 11.6 Å². The number of rotatable bonds is 7. The summed E-state index contributed by atoms with van der Waals surface area (Å²) in [4.78, 5) is 24.3. The molecular formula is C13H18ClN5O2. The quantitative estimate of drug-likeness (QED) is 0.783. The topological polar surface area (TPSA) is 81.9 Å². The van der Waals surface area contributed by atoms with Gasteiger partial charge in [0.25, 0.3) is 0 Å². The minimum atomic E-state index is 0.000226. The number of aromatic nitrogens is 4. The summed E-state index contributed by atoms with van der Waals surface area (Å²) in [5.74, 6) is 1.28. The molecule has 0 saturated carbocycles. The van der Waals surface area contributed by atoms with Crippen molar-refractivity contribution >= 4 is 28.7 Å². The largest absolute Gasteiger partial charge is 0.479 e. The normalized spacial score (nSPS) is 10.8. The Morgan fingerprint density at radius 3 is 2.95 bits per heavy atom. The average Bonchev–Trinajstić information content (AvgIpc) is 2.88. The van der Waals surface area contributed by atoms with Gasteiger partial charge >= 0.3 is 0 Å². The van der Waals surface area contributed by atoms with Crippen LogP contribution in [0.25, 0.3) is 11.2 Å². The Kier molecular flexibility index (Phi) is 5.32. The van der Waals surface area contributed by atoms with E-state index in [0.717, 1.165) is 6.42 Å². The smallest absolute Gasteiger partial charge is 0.245 e. The second-order valence-electron chi connectivity index (χ2n) is 4.47. The minimum Gasteiger partial charge on any atom is -0.479 e. The van der Waals surface area contributed by atoms with Gasteiger partial charge in [0.2, 0.25) is 11.8 Å². The second kappa shape index (κ2) is 7.21. The van der Waals surface area contributed by atoms with E-state index in [2.05, 4.69) is 20.3 Å². The van der Waals surface area contributed by atoms with E-state index in [9.17, 15) is 4.79 Å². The lowest BCUT2D eigenvalue weighted by atomic mass is 10.3. The number of amides is 1. The summed E-state index contributed by atoms with van der Waals surface area (Å²) in [6, 6.07) is 0. The number of hydrogen-bond donors (Lipinski definition) is 1. The molecule has 0 atom stereocenters. The zero-order valence-electron chi connectivity index (χ0n) is 12.1. The third-order valence-corrected chi connectivity index (χ3v) is 3.26. The third-order valence-electron chi connectivity index (χ3n) is 3.03. The van der Waals surface area contributed by atoms with Crippen LogP contribution in [-0.2, 0) is 17.2 Å². The van der Waals surface area contributed by atoms with E-state index in [1.54, 1.807) is 0 Å². The van der Waals surface area contributed by atoms with E-state index in [1.807, 2.05) is 11.5 Å². The molecule has 8 heteroatoms. The van der Waals surface area contributed by atoms with Crippen LogP contribution in [0.3, 0.4) is 0 Å². The number of alkyl halides is 1. The Bertz CT molecular complexity index is 628. The predicted octanol–water partition coefficient (Wildman–Crippen LogP) is 1.49. The molecule has 0 aliphatic carbocycles. The molecule has 0 aliphatic rings. The predicted molar refractivity (Wildman–Crippen MR) is 79.3 cm³/mol. The molecule has 0 aromatic carbocycles. The van der Waals surface area contributed by atoms with Gasteiger partial charge in [0.1, 0.15) is 12.2 Å². The van der Waals surface area contributed by atoms with Crippen LogP contribution in [0.4, 0.5) is 0 Å². The van der Waals surface area contributed by atoms with Crippen LogP contribution in [-0.4, -0.2) is 39.1 Å². The van der Waals surface area contributed by atoms with E-state index in [-0.39, 0.29) is 11.8 Å². The molecule has 0 fully saturated rings. The highest BCUT2D eigenvalue weighted by Crippen LogP contribution is 2.22. The number of methoxy groups -OCH3 is 1. The number of nitrogens with one attached hydrogen (secondary N) is 1. The molecule has 0 aliphatic heterocycles. The van der Waals surface area contributed by atoms with E-state index < -0.39 is 0 Å². The lowest BCUT2D eigenvalue weighted by Gasteiger charge is -2.07. The van der Waals surface area contributed by atoms with Gasteiger partial charge in [0.15, 0.2) is 11.2 Å². The number of carbonyl (C=O) groups excluding carboxylic acids is 1. The average molecular weight is 312 g/mol. The molecule has 0 bridgehead atoms. The van der Waals surface area contributed by atoms with Crippen LogP contribution in [0.2, 0.25) is 0 Å². The fourth-order valence-corrected chi connectivity index (χ4v) is 2.22. The fraction of sp³-hybridized carbons (Fsp3) is 0.538. The molecule has 2 aromatic rings. The maximum atomic E-state index is 11.7. The van der Waals surface area contributed by atoms with Crippen LogP contribution in [0.15, 0.2) is 6.33 Å². The molecule has 2 aromatic heterocycles. The molecule has 114 valence electrons. The van der Waals surface area contributed by atoms with E-state index in [1.165, 1.54) is 13.4 Å². The van der Waals surface area contributed by atoms with Gasteiger partial charge in [-0.3, -0.25) is 4.79 Å². The number of imidazole rings is 1. The monoisotopic (exact) mass is 311 g/mol. The third kappa shape index (κ3) is 3.41. The number of ether oxygens (including phenoxy) is 1. The van der Waals surface area contributed by atoms with Crippen molar-refractivity contribution in [2.45, 2.75) is 32.2 Å². The molecule has 1 N–H and O–H groups in total. The molecule has 0 radical (unpaired) electrons. The molecular weight excluding hydrogens is 294 g/mol. The molecule has 2 rings (SSSR count). The highest BCUT2D eigenvalue weighted by atomic mass is 35.5. The molecule has 7 nitrogen and oxygen atoms in total. The van der Waals surface area contributed by atoms with Crippen molar-refractivity contribution in [3.63, 3.8) is 0 Å². The molecule has 0 spiro atoms. The van der Waals surface area contributed by atoms with Crippen LogP contribution in [0, 0.1) is 0 Å². The van der Waals surface area contributed by atoms with E-state index in [0.29, 0.717) is 42.4 Å². The lowest BCUT2D eigenvalue weighted by molar-refractivity contribution is -0.121. The van der Waals surface area contributed by atoms with Crippen molar-refractivity contribution in [2.75, 3.05) is 13.7 Å². The summed E-state index contributed by atoms with van der Waals surface area (Å²) in [6.45, 7) is 3.16. The molecule has 21 heavy (non-hydrogen) atoms. The maximum Gasteiger partial charge on any atom is 0.245 e. The number of nitrogens with zero attached hydrogens (tertiary/aromatic N) is 4. The molecule has 0 unspecified atom stereocenters. The molecule has 2 heterocycles. The Hall–Kier alpha value is -1.89. The van der Waals surface area contributed by atoms with Gasteiger partial charge in [-0.2, -0.15) is 4.98 Å². The first-order valence-electron chi connectivity index (χ1n) is 6.78. The zero-order valence-corrected chi connectivity index (χ0v) is 12.9. The van der Waals surface area contributed by atoms with Gasteiger partial charge < -0.3 is 14.6 Å². The van der Waals surface area contributed by atoms with Crippen molar-refractivity contribution in [3.8, 4) is 5.88 Å². The van der Waals surface area contributed by atoms with Crippen molar-refractivity contribution in [1.82, 2.24) is 24.8 Å². The second-order valence-corrected chi connectivity index (χ2v) is 4.74. The lowest BCUT2D eigenvalue weighted by Crippen LogP contribution is -2.25. The first-order valence-corrected chi connectivity index (χ1v) is 7.31. The SMILES string of the molecule is CCCNC(=O)CCn1c(CCl)nc2c(OC)ncnc21. The fourth-order valence-electron chi connectivity index (χ4n) is 2.01. The summed E-state index contributed by atoms with van der Waals surface area (Å²) in [7, 11) is 1.53. The summed E-state index contributed by atoms with van der Waals surface area (Å²) in [5.41, 5.74) is 1.19. The number of carbonyl (C=O) groups is 1. The minimum absolute atomic E-state index is 0.000226. The maximum absolute atomic E-state index is 11.7. The van der Waals surface area contributed by atoms with Crippen molar-refractivity contribution in [3.05, 3.63) is 12.2 Å². The van der Waals surface area contributed by atoms with Crippen molar-refractivity contribution < 1.29 is 9.53 Å². The van der Waals surface area contributed by atoms with Crippen molar-refractivity contribution in [2.24, 2.45) is 0 Å². The van der Waals surface area contributed by atoms with Crippen LogP contribution in [0.5, 0.6) is 5.88 Å². The van der Waals surface area contributed by atoms with Crippen LogP contribution < -0.4 is 10.1 Å². The highest BCUT2D eigenvalue weighted by Gasteiger charge is 2.16. The number of hydrogen-bond acceptors (Lipinski definition) is 5. The summed E-state index contributed by atoms with van der Waals surface area (Å²) < 4.78 is 7.00. The first kappa shape index (κ1) is 15.5. The van der Waals surface area contributed by atoms with Crippen LogP contribution in [0.1, 0.15) is 25.6 Å². The Morgan fingerprint density at radius 1 is 1.48 bits per heavy atom. The molecule has 1 amide bonds. The van der Waals surface area contributed by atoms with Gasteiger partial charge in [0, 0.05) is 19.5 Å². The van der Waals surface area contributed by atoms with E-state index >= 15 is 0 Å². The Morgan fingerprint density at radius 2 is 2.29 bits per heavy atom. The number of halogens is 1. The van der Waals surface area contributed by atoms with Crippen molar-refractivity contribution in [1.29, 1.82) is 0 Å². The van der Waals surface area contributed by atoms with Gasteiger partial charge in [-0.25, -0.2) is 9.97 Å². The van der Waals surface area contributed by atoms with Gasteiger partial charge in [-0.1, -0.05) is 6.92 Å². The number of fused-ring (bicyclic) bond motifs is 1. The van der Waals surface area contributed by atoms with E-state index in [4.69, 9.17) is 16.3 Å². The van der Waals surface area contributed by atoms with Gasteiger partial charge in [-0.05, 0) is 6.42 Å².